The minimum absolute atomic E-state index is 0.0418. The van der Waals surface area contributed by atoms with Crippen molar-refractivity contribution < 1.29 is 31.5 Å². The van der Waals surface area contributed by atoms with Gasteiger partial charge in [0.05, 0.1) is 0 Å². The lowest BCUT2D eigenvalue weighted by Gasteiger charge is -2.17. The van der Waals surface area contributed by atoms with Gasteiger partial charge in [-0.2, -0.15) is 4.72 Å². The van der Waals surface area contributed by atoms with Gasteiger partial charge in [0.25, 0.3) is 0 Å². The quantitative estimate of drug-likeness (QED) is 0.782. The third kappa shape index (κ3) is 4.43. The molecule has 1 aromatic carbocycles. The summed E-state index contributed by atoms with van der Waals surface area (Å²) in [5, 5.41) is 8.95. The average molecular weight is 325 g/mol. The predicted octanol–water partition coefficient (Wildman–Crippen LogP) is 1.88. The Bertz CT molecular complexity index is 646. The van der Waals surface area contributed by atoms with Gasteiger partial charge >= 0.3 is 5.97 Å². The van der Waals surface area contributed by atoms with Gasteiger partial charge < -0.3 is 5.11 Å². The molecule has 0 amide bonds. The Hall–Kier alpha value is -1.61. The molecule has 0 aliphatic heterocycles. The smallest absolute Gasteiger partial charge is 0.321 e. The first-order chi connectivity index (χ1) is 9.54. The van der Waals surface area contributed by atoms with Crippen molar-refractivity contribution in [1.29, 1.82) is 0 Å². The second kappa shape index (κ2) is 6.44. The summed E-state index contributed by atoms with van der Waals surface area (Å²) in [5.74, 6) is -6.19. The van der Waals surface area contributed by atoms with E-state index in [1.165, 1.54) is 0 Å². The highest BCUT2D eigenvalue weighted by molar-refractivity contribution is 7.89. The maximum atomic E-state index is 13.5. The van der Waals surface area contributed by atoms with E-state index in [9.17, 15) is 26.4 Å². The van der Waals surface area contributed by atoms with Crippen LogP contribution >= 0.6 is 0 Å². The van der Waals surface area contributed by atoms with E-state index in [-0.39, 0.29) is 24.5 Å². The van der Waals surface area contributed by atoms with Crippen molar-refractivity contribution in [3.05, 3.63) is 29.6 Å². The Labute approximate surface area is 119 Å². The molecular formula is C12H14F3NO4S. The molecule has 0 fully saturated rings. The van der Waals surface area contributed by atoms with Crippen LogP contribution in [0.5, 0.6) is 0 Å². The van der Waals surface area contributed by atoms with E-state index in [4.69, 9.17) is 5.11 Å². The summed E-state index contributed by atoms with van der Waals surface area (Å²) in [6.45, 7) is 3.34. The average Bonchev–Trinajstić information content (AvgIpc) is 2.31. The molecule has 1 unspecified atom stereocenters. The van der Waals surface area contributed by atoms with Crippen molar-refractivity contribution in [3.8, 4) is 0 Å². The van der Waals surface area contributed by atoms with E-state index in [1.54, 1.807) is 18.6 Å². The summed E-state index contributed by atoms with van der Waals surface area (Å²) in [7, 11) is -4.63. The minimum atomic E-state index is -4.63. The third-order valence-electron chi connectivity index (χ3n) is 2.57. The van der Waals surface area contributed by atoms with E-state index in [0.717, 1.165) is 0 Å². The molecule has 1 aromatic rings. The molecular weight excluding hydrogens is 311 g/mol. The molecule has 1 rings (SSSR count). The number of carbonyl (C=O) groups is 1. The molecule has 1 atom stereocenters. The second-order valence-electron chi connectivity index (χ2n) is 4.84. The number of rotatable bonds is 6. The van der Waals surface area contributed by atoms with E-state index in [2.05, 4.69) is 0 Å². The molecule has 2 N–H and O–H groups in total. The molecule has 0 saturated carbocycles. The molecule has 21 heavy (non-hydrogen) atoms. The fourth-order valence-corrected chi connectivity index (χ4v) is 2.90. The van der Waals surface area contributed by atoms with Crippen LogP contribution in [0.1, 0.15) is 20.3 Å². The number of sulfonamides is 1. The molecule has 0 aliphatic rings. The van der Waals surface area contributed by atoms with Crippen molar-refractivity contribution in [1.82, 2.24) is 4.72 Å². The highest BCUT2D eigenvalue weighted by atomic mass is 32.2. The fourth-order valence-electron chi connectivity index (χ4n) is 1.63. The summed E-state index contributed by atoms with van der Waals surface area (Å²) >= 11 is 0. The zero-order valence-corrected chi connectivity index (χ0v) is 12.0. The fraction of sp³-hybridized carbons (Fsp3) is 0.417. The molecule has 118 valence electrons. The van der Waals surface area contributed by atoms with E-state index in [1.807, 2.05) is 0 Å². The Kier molecular flexibility index (Phi) is 5.35. The van der Waals surface area contributed by atoms with Crippen molar-refractivity contribution in [2.75, 3.05) is 0 Å². The summed E-state index contributed by atoms with van der Waals surface area (Å²) in [6.07, 6.45) is -0.0418. The number of aliphatic carboxylic acids is 1. The molecule has 0 heterocycles. The van der Waals surface area contributed by atoms with E-state index in [0.29, 0.717) is 0 Å². The Morgan fingerprint density at radius 3 is 2.19 bits per heavy atom. The van der Waals surface area contributed by atoms with Crippen LogP contribution in [0.3, 0.4) is 0 Å². The van der Waals surface area contributed by atoms with Gasteiger partial charge in [-0.05, 0) is 18.4 Å². The zero-order chi connectivity index (χ0) is 16.4. The Morgan fingerprint density at radius 1 is 1.19 bits per heavy atom. The van der Waals surface area contributed by atoms with E-state index < -0.39 is 44.4 Å². The third-order valence-corrected chi connectivity index (χ3v) is 4.05. The lowest BCUT2D eigenvalue weighted by atomic mass is 10.1. The van der Waals surface area contributed by atoms with Gasteiger partial charge in [0.1, 0.15) is 16.8 Å². The molecule has 5 nitrogen and oxygen atoms in total. The number of nitrogens with one attached hydrogen (secondary N) is 1. The zero-order valence-electron chi connectivity index (χ0n) is 11.2. The summed E-state index contributed by atoms with van der Waals surface area (Å²) < 4.78 is 64.9. The first-order valence-corrected chi connectivity index (χ1v) is 7.42. The van der Waals surface area contributed by atoms with Crippen LogP contribution in [-0.4, -0.2) is 25.5 Å². The Balaban J connectivity index is 3.16. The first-order valence-electron chi connectivity index (χ1n) is 5.94. The summed E-state index contributed by atoms with van der Waals surface area (Å²) in [4.78, 5) is 9.85. The van der Waals surface area contributed by atoms with Crippen LogP contribution in [-0.2, 0) is 14.8 Å². The number of benzene rings is 1. The van der Waals surface area contributed by atoms with Crippen LogP contribution in [0.25, 0.3) is 0 Å². The standard InChI is InChI=1S/C12H14F3NO4S/c1-6(2)3-10(12(17)18)16-21(19,20)11-5-8(14)7(13)4-9(11)15/h4-6,10,16H,3H2,1-2H3,(H,17,18). The van der Waals surface area contributed by atoms with Crippen molar-refractivity contribution in [2.24, 2.45) is 5.92 Å². The number of hydrogen-bond acceptors (Lipinski definition) is 3. The number of carboxylic acid groups (broad SMARTS) is 1. The van der Waals surface area contributed by atoms with Crippen LogP contribution < -0.4 is 4.72 Å². The van der Waals surface area contributed by atoms with Crippen molar-refractivity contribution in [2.45, 2.75) is 31.2 Å². The normalized spacial score (nSPS) is 13.4. The largest absolute Gasteiger partial charge is 0.480 e. The summed E-state index contributed by atoms with van der Waals surface area (Å²) in [6, 6.07) is -1.24. The second-order valence-corrected chi connectivity index (χ2v) is 6.52. The molecule has 9 heteroatoms. The van der Waals surface area contributed by atoms with Gasteiger partial charge in [-0.15, -0.1) is 0 Å². The van der Waals surface area contributed by atoms with E-state index >= 15 is 0 Å². The van der Waals surface area contributed by atoms with Crippen LogP contribution in [0, 0.1) is 23.4 Å². The molecule has 0 spiro atoms. The van der Waals surface area contributed by atoms with Gasteiger partial charge in [-0.3, -0.25) is 4.79 Å². The highest BCUT2D eigenvalue weighted by Crippen LogP contribution is 2.19. The lowest BCUT2D eigenvalue weighted by Crippen LogP contribution is -2.41. The number of hydrogen-bond donors (Lipinski definition) is 2. The number of halogens is 3. The SMILES string of the molecule is CC(C)CC(NS(=O)(=O)c1cc(F)c(F)cc1F)C(=O)O. The number of carboxylic acids is 1. The highest BCUT2D eigenvalue weighted by Gasteiger charge is 2.29. The van der Waals surface area contributed by atoms with Gasteiger partial charge in [-0.25, -0.2) is 21.6 Å². The predicted molar refractivity (Wildman–Crippen MR) is 67.5 cm³/mol. The topological polar surface area (TPSA) is 83.5 Å². The molecule has 0 bridgehead atoms. The van der Waals surface area contributed by atoms with Crippen molar-refractivity contribution in [3.63, 3.8) is 0 Å². The first kappa shape index (κ1) is 17.4. The maximum absolute atomic E-state index is 13.5. The minimum Gasteiger partial charge on any atom is -0.480 e. The van der Waals surface area contributed by atoms with Gasteiger partial charge in [-0.1, -0.05) is 13.8 Å². The summed E-state index contributed by atoms with van der Waals surface area (Å²) in [5.41, 5.74) is 0. The van der Waals surface area contributed by atoms with Gasteiger partial charge in [0.15, 0.2) is 11.6 Å². The monoisotopic (exact) mass is 325 g/mol. The molecule has 0 radical (unpaired) electrons. The maximum Gasteiger partial charge on any atom is 0.321 e. The molecule has 0 aliphatic carbocycles. The van der Waals surface area contributed by atoms with Crippen LogP contribution in [0.4, 0.5) is 13.2 Å². The van der Waals surface area contributed by atoms with Gasteiger partial charge in [0.2, 0.25) is 10.0 Å². The van der Waals surface area contributed by atoms with Crippen molar-refractivity contribution >= 4 is 16.0 Å². The van der Waals surface area contributed by atoms with Gasteiger partial charge in [0, 0.05) is 6.07 Å². The molecule has 0 saturated heterocycles. The molecule has 0 aromatic heterocycles. The van der Waals surface area contributed by atoms with Crippen LogP contribution in [0.2, 0.25) is 0 Å². The van der Waals surface area contributed by atoms with Crippen LogP contribution in [0.15, 0.2) is 17.0 Å². The Morgan fingerprint density at radius 2 is 1.71 bits per heavy atom. The lowest BCUT2D eigenvalue weighted by molar-refractivity contribution is -0.139.